The standard InChI is InChI=1S/C11H15F3N6O2/c1-18(6-8-15-16-17-19(8)2)9(21)7-4-3-5-20(7)10(22)11(12,13)14/h7H,3-6H2,1-2H3. The summed E-state index contributed by atoms with van der Waals surface area (Å²) >= 11 is 0. The van der Waals surface area contributed by atoms with Gasteiger partial charge in [0.1, 0.15) is 6.04 Å². The first-order chi connectivity index (χ1) is 10.2. The summed E-state index contributed by atoms with van der Waals surface area (Å²) < 4.78 is 39.0. The van der Waals surface area contributed by atoms with Gasteiger partial charge in [0, 0.05) is 20.6 Å². The van der Waals surface area contributed by atoms with Gasteiger partial charge in [0.2, 0.25) is 5.91 Å². The van der Waals surface area contributed by atoms with Gasteiger partial charge in [-0.1, -0.05) is 0 Å². The van der Waals surface area contributed by atoms with E-state index < -0.39 is 24.0 Å². The van der Waals surface area contributed by atoms with E-state index in [1.54, 1.807) is 7.05 Å². The number of nitrogens with zero attached hydrogens (tertiary/aromatic N) is 6. The van der Waals surface area contributed by atoms with Crippen LogP contribution < -0.4 is 0 Å². The van der Waals surface area contributed by atoms with Crippen LogP contribution in [0.2, 0.25) is 0 Å². The van der Waals surface area contributed by atoms with Gasteiger partial charge in [0.15, 0.2) is 5.82 Å². The van der Waals surface area contributed by atoms with E-state index in [0.717, 1.165) is 0 Å². The topological polar surface area (TPSA) is 84.2 Å². The maximum atomic E-state index is 12.6. The predicted molar refractivity (Wildman–Crippen MR) is 66.1 cm³/mol. The molecular weight excluding hydrogens is 305 g/mol. The highest BCUT2D eigenvalue weighted by molar-refractivity contribution is 5.90. The number of amides is 2. The molecule has 0 spiro atoms. The highest BCUT2D eigenvalue weighted by Crippen LogP contribution is 2.26. The molecule has 22 heavy (non-hydrogen) atoms. The zero-order chi connectivity index (χ0) is 16.5. The molecule has 0 aliphatic carbocycles. The number of carbonyl (C=O) groups is 2. The van der Waals surface area contributed by atoms with Gasteiger partial charge < -0.3 is 9.80 Å². The summed E-state index contributed by atoms with van der Waals surface area (Å²) in [6, 6.07) is -1.10. The molecule has 11 heteroatoms. The summed E-state index contributed by atoms with van der Waals surface area (Å²) in [5, 5.41) is 10.7. The summed E-state index contributed by atoms with van der Waals surface area (Å²) in [6.45, 7) is -0.0268. The average Bonchev–Trinajstić information content (AvgIpc) is 3.05. The molecule has 1 atom stereocenters. The Hall–Kier alpha value is -2.20. The smallest absolute Gasteiger partial charge is 0.336 e. The van der Waals surface area contributed by atoms with Crippen molar-refractivity contribution < 1.29 is 22.8 Å². The fourth-order valence-corrected chi connectivity index (χ4v) is 2.36. The SMILES string of the molecule is CN(Cc1nnnn1C)C(=O)C1CCCN1C(=O)C(F)(F)F. The Morgan fingerprint density at radius 2 is 2.09 bits per heavy atom. The third kappa shape index (κ3) is 3.17. The lowest BCUT2D eigenvalue weighted by molar-refractivity contribution is -0.187. The van der Waals surface area contributed by atoms with Crippen molar-refractivity contribution in [3.63, 3.8) is 0 Å². The summed E-state index contributed by atoms with van der Waals surface area (Å²) in [7, 11) is 3.02. The maximum absolute atomic E-state index is 12.6. The monoisotopic (exact) mass is 320 g/mol. The molecule has 0 saturated carbocycles. The second kappa shape index (κ2) is 5.89. The molecule has 0 radical (unpaired) electrons. The van der Waals surface area contributed by atoms with Crippen LogP contribution >= 0.6 is 0 Å². The van der Waals surface area contributed by atoms with Crippen molar-refractivity contribution in [2.24, 2.45) is 7.05 Å². The highest BCUT2D eigenvalue weighted by Gasteiger charge is 2.48. The number of likely N-dealkylation sites (N-methyl/N-ethyl adjacent to an activating group) is 1. The van der Waals surface area contributed by atoms with Crippen LogP contribution in [0, 0.1) is 0 Å². The van der Waals surface area contributed by atoms with Crippen molar-refractivity contribution in [3.05, 3.63) is 5.82 Å². The molecule has 1 aliphatic rings. The molecule has 122 valence electrons. The molecule has 0 N–H and O–H groups in total. The van der Waals surface area contributed by atoms with Crippen LogP contribution in [0.3, 0.4) is 0 Å². The van der Waals surface area contributed by atoms with E-state index >= 15 is 0 Å². The molecule has 1 saturated heterocycles. The lowest BCUT2D eigenvalue weighted by Crippen LogP contribution is -2.50. The molecule has 1 unspecified atom stereocenters. The minimum atomic E-state index is -4.98. The van der Waals surface area contributed by atoms with E-state index in [0.29, 0.717) is 17.1 Å². The summed E-state index contributed by atoms with van der Waals surface area (Å²) in [5.41, 5.74) is 0. The quantitative estimate of drug-likeness (QED) is 0.765. The number of tetrazole rings is 1. The third-order valence-corrected chi connectivity index (χ3v) is 3.50. The Morgan fingerprint density at radius 3 is 2.64 bits per heavy atom. The molecule has 1 aromatic rings. The van der Waals surface area contributed by atoms with Gasteiger partial charge in [-0.3, -0.25) is 9.59 Å². The Kier molecular flexibility index (Phi) is 4.33. The van der Waals surface area contributed by atoms with E-state index in [1.165, 1.54) is 16.6 Å². The van der Waals surface area contributed by atoms with Crippen LogP contribution in [0.25, 0.3) is 0 Å². The highest BCUT2D eigenvalue weighted by atomic mass is 19.4. The summed E-state index contributed by atoms with van der Waals surface area (Å²) in [5.74, 6) is -2.14. The van der Waals surface area contributed by atoms with Crippen molar-refractivity contribution in [1.29, 1.82) is 0 Å². The van der Waals surface area contributed by atoms with Gasteiger partial charge in [-0.05, 0) is 23.3 Å². The normalized spacial score (nSPS) is 18.6. The van der Waals surface area contributed by atoms with E-state index in [2.05, 4.69) is 15.5 Å². The predicted octanol–water partition coefficient (Wildman–Crippen LogP) is -0.278. The lowest BCUT2D eigenvalue weighted by Gasteiger charge is -2.28. The molecule has 1 aromatic heterocycles. The molecule has 2 rings (SSSR count). The molecule has 1 aliphatic heterocycles. The fourth-order valence-electron chi connectivity index (χ4n) is 2.36. The zero-order valence-corrected chi connectivity index (χ0v) is 12.0. The molecule has 2 amide bonds. The maximum Gasteiger partial charge on any atom is 0.471 e. The molecule has 0 bridgehead atoms. The second-order valence-electron chi connectivity index (χ2n) is 5.07. The van der Waals surface area contributed by atoms with E-state index in [4.69, 9.17) is 0 Å². The van der Waals surface area contributed by atoms with Gasteiger partial charge in [-0.2, -0.15) is 13.2 Å². The minimum absolute atomic E-state index is 0.0485. The van der Waals surface area contributed by atoms with Gasteiger partial charge in [-0.15, -0.1) is 5.10 Å². The average molecular weight is 320 g/mol. The van der Waals surface area contributed by atoms with Crippen molar-refractivity contribution in [2.75, 3.05) is 13.6 Å². The third-order valence-electron chi connectivity index (χ3n) is 3.50. The number of carbonyl (C=O) groups excluding carboxylic acids is 2. The number of hydrogen-bond donors (Lipinski definition) is 0. The molecule has 2 heterocycles. The molecule has 0 aromatic carbocycles. The van der Waals surface area contributed by atoms with Gasteiger partial charge in [-0.25, -0.2) is 4.68 Å². The Labute approximate surface area is 123 Å². The summed E-state index contributed by atoms with van der Waals surface area (Å²) in [6.07, 6.45) is -4.41. The number of likely N-dealkylation sites (tertiary alicyclic amines) is 1. The first kappa shape index (κ1) is 16.2. The van der Waals surface area contributed by atoms with Crippen molar-refractivity contribution in [1.82, 2.24) is 30.0 Å². The first-order valence-corrected chi connectivity index (χ1v) is 6.56. The number of halogens is 3. The molecule has 8 nitrogen and oxygen atoms in total. The number of aryl methyl sites for hydroxylation is 1. The van der Waals surface area contributed by atoms with Crippen molar-refractivity contribution in [3.8, 4) is 0 Å². The van der Waals surface area contributed by atoms with Crippen LogP contribution in [0.1, 0.15) is 18.7 Å². The Morgan fingerprint density at radius 1 is 1.41 bits per heavy atom. The van der Waals surface area contributed by atoms with Gasteiger partial charge in [0.05, 0.1) is 6.54 Å². The number of rotatable bonds is 3. The first-order valence-electron chi connectivity index (χ1n) is 6.56. The van der Waals surface area contributed by atoms with Crippen LogP contribution in [0.15, 0.2) is 0 Å². The molecule has 1 fully saturated rings. The van der Waals surface area contributed by atoms with E-state index in [1.807, 2.05) is 0 Å². The zero-order valence-electron chi connectivity index (χ0n) is 12.0. The lowest BCUT2D eigenvalue weighted by atomic mass is 10.2. The van der Waals surface area contributed by atoms with Crippen molar-refractivity contribution in [2.45, 2.75) is 31.6 Å². The van der Waals surface area contributed by atoms with Crippen LogP contribution in [-0.2, 0) is 23.2 Å². The second-order valence-corrected chi connectivity index (χ2v) is 5.07. The fraction of sp³-hybridized carbons (Fsp3) is 0.727. The summed E-state index contributed by atoms with van der Waals surface area (Å²) in [4.78, 5) is 25.5. The number of aromatic nitrogens is 4. The van der Waals surface area contributed by atoms with Crippen LogP contribution in [0.5, 0.6) is 0 Å². The van der Waals surface area contributed by atoms with Crippen molar-refractivity contribution >= 4 is 11.8 Å². The van der Waals surface area contributed by atoms with Crippen LogP contribution in [0.4, 0.5) is 13.2 Å². The Balaban J connectivity index is 2.07. The van der Waals surface area contributed by atoms with Gasteiger partial charge in [0.25, 0.3) is 0 Å². The van der Waals surface area contributed by atoms with Gasteiger partial charge >= 0.3 is 12.1 Å². The largest absolute Gasteiger partial charge is 0.471 e. The van der Waals surface area contributed by atoms with Crippen LogP contribution in [-0.4, -0.2) is 67.6 Å². The number of hydrogen-bond acceptors (Lipinski definition) is 5. The van der Waals surface area contributed by atoms with E-state index in [-0.39, 0.29) is 19.5 Å². The number of alkyl halides is 3. The minimum Gasteiger partial charge on any atom is -0.336 e. The van der Waals surface area contributed by atoms with E-state index in [9.17, 15) is 22.8 Å². The molecular formula is C11H15F3N6O2. The Bertz CT molecular complexity index is 572.